The van der Waals surface area contributed by atoms with Crippen LogP contribution in [0.25, 0.3) is 11.3 Å². The molecule has 1 heterocycles. The Morgan fingerprint density at radius 3 is 2.48 bits per heavy atom. The second-order valence-electron chi connectivity index (χ2n) is 5.86. The molecule has 0 saturated heterocycles. The predicted molar refractivity (Wildman–Crippen MR) is 99.2 cm³/mol. The molecule has 2 aromatic carbocycles. The van der Waals surface area contributed by atoms with Gasteiger partial charge in [0.1, 0.15) is 17.9 Å². The summed E-state index contributed by atoms with van der Waals surface area (Å²) in [7, 11) is -2.17. The summed E-state index contributed by atoms with van der Waals surface area (Å²) in [6.07, 6.45) is 1.35. The van der Waals surface area contributed by atoms with E-state index in [-0.39, 0.29) is 17.3 Å². The maximum atomic E-state index is 13.1. The van der Waals surface area contributed by atoms with Crippen LogP contribution in [0.5, 0.6) is 5.75 Å². The van der Waals surface area contributed by atoms with Gasteiger partial charge in [-0.05, 0) is 61.0 Å². The molecule has 0 aliphatic rings. The molecule has 0 aliphatic carbocycles. The number of ether oxygens (including phenoxy) is 1. The van der Waals surface area contributed by atoms with Crippen LogP contribution in [-0.2, 0) is 16.6 Å². The summed E-state index contributed by atoms with van der Waals surface area (Å²) in [6.45, 7) is 1.78. The fourth-order valence-electron chi connectivity index (χ4n) is 2.54. The van der Waals surface area contributed by atoms with Gasteiger partial charge in [0.05, 0.1) is 29.9 Å². The topological polar surface area (TPSA) is 81.2 Å². The number of nitrogens with zero attached hydrogens (tertiary/aromatic N) is 2. The van der Waals surface area contributed by atoms with Crippen molar-refractivity contribution in [1.82, 2.24) is 14.7 Å². The Balaban J connectivity index is 1.77. The van der Waals surface area contributed by atoms with E-state index in [0.717, 1.165) is 5.56 Å². The van der Waals surface area contributed by atoms with Gasteiger partial charge >= 0.3 is 0 Å². The van der Waals surface area contributed by atoms with Crippen molar-refractivity contribution < 1.29 is 17.5 Å². The van der Waals surface area contributed by atoms with Crippen LogP contribution in [0.1, 0.15) is 11.3 Å². The zero-order chi connectivity index (χ0) is 19.4. The highest BCUT2D eigenvalue weighted by Gasteiger charge is 2.16. The number of hydrogen-bond donors (Lipinski definition) is 1. The molecule has 0 fully saturated rings. The van der Waals surface area contributed by atoms with E-state index in [4.69, 9.17) is 4.74 Å². The molecule has 0 bridgehead atoms. The summed E-state index contributed by atoms with van der Waals surface area (Å²) in [4.78, 5) is 8.39. The summed E-state index contributed by atoms with van der Waals surface area (Å²) >= 11 is 0. The highest BCUT2D eigenvalue weighted by molar-refractivity contribution is 7.89. The molecule has 0 unspecified atom stereocenters. The quantitative estimate of drug-likeness (QED) is 0.703. The van der Waals surface area contributed by atoms with Gasteiger partial charge in [-0.15, -0.1) is 0 Å². The molecule has 0 radical (unpaired) electrons. The fourth-order valence-corrected chi connectivity index (χ4v) is 3.63. The first-order chi connectivity index (χ1) is 12.9. The zero-order valence-electron chi connectivity index (χ0n) is 14.8. The first-order valence-corrected chi connectivity index (χ1v) is 9.58. The van der Waals surface area contributed by atoms with Crippen LogP contribution in [0.15, 0.2) is 59.8 Å². The smallest absolute Gasteiger partial charge is 0.240 e. The van der Waals surface area contributed by atoms with Gasteiger partial charge in [0.2, 0.25) is 10.0 Å². The molecule has 1 N–H and O–H groups in total. The molecule has 140 valence electrons. The second-order valence-corrected chi connectivity index (χ2v) is 7.62. The van der Waals surface area contributed by atoms with E-state index in [1.54, 1.807) is 37.3 Å². The minimum absolute atomic E-state index is 0.00409. The molecule has 6 nitrogen and oxygen atoms in total. The number of nitrogens with one attached hydrogen (secondary N) is 1. The third kappa shape index (κ3) is 4.47. The Kier molecular flexibility index (Phi) is 5.48. The summed E-state index contributed by atoms with van der Waals surface area (Å²) in [5.74, 6) is 0.282. The van der Waals surface area contributed by atoms with E-state index in [9.17, 15) is 12.8 Å². The van der Waals surface area contributed by atoms with Gasteiger partial charge in [0.15, 0.2) is 0 Å². The first-order valence-electron chi connectivity index (χ1n) is 8.10. The van der Waals surface area contributed by atoms with Crippen LogP contribution in [0.3, 0.4) is 0 Å². The predicted octanol–water partition coefficient (Wildman–Crippen LogP) is 3.08. The van der Waals surface area contributed by atoms with Crippen LogP contribution >= 0.6 is 0 Å². The minimum Gasteiger partial charge on any atom is -0.496 e. The van der Waals surface area contributed by atoms with Crippen LogP contribution < -0.4 is 9.46 Å². The Labute approximate surface area is 157 Å². The Hall–Kier alpha value is -2.84. The highest BCUT2D eigenvalue weighted by atomic mass is 32.2. The van der Waals surface area contributed by atoms with Gasteiger partial charge < -0.3 is 4.74 Å². The van der Waals surface area contributed by atoms with Crippen molar-refractivity contribution in [1.29, 1.82) is 0 Å². The van der Waals surface area contributed by atoms with E-state index in [1.165, 1.54) is 31.6 Å². The SMILES string of the molecule is COc1ccc(S(=O)(=O)NCc2cc(-c3ccc(F)cc3)ncn2)cc1C. The average molecular weight is 387 g/mol. The van der Waals surface area contributed by atoms with Gasteiger partial charge in [-0.1, -0.05) is 0 Å². The van der Waals surface area contributed by atoms with E-state index in [0.29, 0.717) is 22.7 Å². The molecule has 8 heteroatoms. The number of aromatic nitrogens is 2. The molecular formula is C19H18FN3O3S. The molecular weight excluding hydrogens is 369 g/mol. The van der Waals surface area contributed by atoms with Gasteiger partial charge in [0.25, 0.3) is 0 Å². The highest BCUT2D eigenvalue weighted by Crippen LogP contribution is 2.22. The molecule has 3 aromatic rings. The lowest BCUT2D eigenvalue weighted by atomic mass is 10.1. The van der Waals surface area contributed by atoms with E-state index < -0.39 is 10.0 Å². The van der Waals surface area contributed by atoms with Gasteiger partial charge in [-0.25, -0.2) is 27.5 Å². The molecule has 27 heavy (non-hydrogen) atoms. The van der Waals surface area contributed by atoms with E-state index in [2.05, 4.69) is 14.7 Å². The normalized spacial score (nSPS) is 11.4. The molecule has 0 atom stereocenters. The number of halogens is 1. The largest absolute Gasteiger partial charge is 0.496 e. The molecule has 0 saturated carbocycles. The van der Waals surface area contributed by atoms with Crippen molar-refractivity contribution in [2.45, 2.75) is 18.4 Å². The third-order valence-corrected chi connectivity index (χ3v) is 5.38. The van der Waals surface area contributed by atoms with Crippen molar-refractivity contribution >= 4 is 10.0 Å². The van der Waals surface area contributed by atoms with Gasteiger partial charge in [0, 0.05) is 5.56 Å². The van der Waals surface area contributed by atoms with Crippen molar-refractivity contribution in [3.05, 3.63) is 71.9 Å². The van der Waals surface area contributed by atoms with Gasteiger partial charge in [-0.3, -0.25) is 0 Å². The fraction of sp³-hybridized carbons (Fsp3) is 0.158. The standard InChI is InChI=1S/C19H18FN3O3S/c1-13-9-17(7-8-19(13)26-2)27(24,25)23-11-16-10-18(22-12-21-16)14-3-5-15(20)6-4-14/h3-10,12,23H,11H2,1-2H3. The third-order valence-electron chi connectivity index (χ3n) is 3.98. The minimum atomic E-state index is -3.70. The maximum Gasteiger partial charge on any atom is 0.240 e. The molecule has 1 aromatic heterocycles. The number of sulfonamides is 1. The van der Waals surface area contributed by atoms with Crippen LogP contribution in [0, 0.1) is 12.7 Å². The number of aryl methyl sites for hydroxylation is 1. The number of rotatable bonds is 6. The van der Waals surface area contributed by atoms with Crippen LogP contribution in [0.2, 0.25) is 0 Å². The lowest BCUT2D eigenvalue weighted by Gasteiger charge is -2.10. The van der Waals surface area contributed by atoms with Gasteiger partial charge in [-0.2, -0.15) is 0 Å². The summed E-state index contributed by atoms with van der Waals surface area (Å²) < 4.78 is 45.8. The Morgan fingerprint density at radius 1 is 1.07 bits per heavy atom. The lowest BCUT2D eigenvalue weighted by molar-refractivity contribution is 0.411. The molecule has 3 rings (SSSR count). The number of hydrogen-bond acceptors (Lipinski definition) is 5. The second kappa shape index (κ2) is 7.81. The summed E-state index contributed by atoms with van der Waals surface area (Å²) in [5, 5.41) is 0. The Morgan fingerprint density at radius 2 is 1.81 bits per heavy atom. The van der Waals surface area contributed by atoms with Crippen LogP contribution in [0.4, 0.5) is 4.39 Å². The summed E-state index contributed by atoms with van der Waals surface area (Å²) in [5.41, 5.74) is 2.52. The molecule has 0 aliphatic heterocycles. The van der Waals surface area contributed by atoms with Crippen molar-refractivity contribution in [3.8, 4) is 17.0 Å². The van der Waals surface area contributed by atoms with Crippen molar-refractivity contribution in [3.63, 3.8) is 0 Å². The maximum absolute atomic E-state index is 13.1. The first kappa shape index (κ1) is 18.9. The molecule has 0 spiro atoms. The zero-order valence-corrected chi connectivity index (χ0v) is 15.6. The number of benzene rings is 2. The summed E-state index contributed by atoms with van der Waals surface area (Å²) in [6, 6.07) is 12.2. The Bertz CT molecular complexity index is 1050. The molecule has 0 amide bonds. The van der Waals surface area contributed by atoms with Crippen molar-refractivity contribution in [2.75, 3.05) is 7.11 Å². The van der Waals surface area contributed by atoms with Crippen molar-refractivity contribution in [2.24, 2.45) is 0 Å². The lowest BCUT2D eigenvalue weighted by Crippen LogP contribution is -2.24. The monoisotopic (exact) mass is 387 g/mol. The van der Waals surface area contributed by atoms with Crippen LogP contribution in [-0.4, -0.2) is 25.5 Å². The average Bonchev–Trinajstić information content (AvgIpc) is 2.67. The number of methoxy groups -OCH3 is 1. The van der Waals surface area contributed by atoms with E-state index >= 15 is 0 Å². The van der Waals surface area contributed by atoms with E-state index in [1.807, 2.05) is 0 Å².